The Kier molecular flexibility index (Phi) is 4.55. The summed E-state index contributed by atoms with van der Waals surface area (Å²) in [6, 6.07) is 9.89. The van der Waals surface area contributed by atoms with Crippen molar-refractivity contribution in [1.82, 2.24) is 5.32 Å². The molecule has 0 saturated carbocycles. The lowest BCUT2D eigenvalue weighted by atomic mass is 10.1. The Hall–Kier alpha value is -1.13. The van der Waals surface area contributed by atoms with Gasteiger partial charge in [0.1, 0.15) is 0 Å². The monoisotopic (exact) mass is 323 g/mol. The van der Waals surface area contributed by atoms with E-state index in [4.69, 9.17) is 0 Å². The lowest BCUT2D eigenvalue weighted by Crippen LogP contribution is -2.24. The molecule has 2 nitrogen and oxygen atoms in total. The summed E-state index contributed by atoms with van der Waals surface area (Å²) in [5.74, 6) is 0.0603. The number of carbonyl (C=O) groups excluding carboxylic acids is 1. The molecule has 0 spiro atoms. The third-order valence-electron chi connectivity index (χ3n) is 2.69. The molecule has 4 heteroatoms. The number of thiophene rings is 1. The van der Waals surface area contributed by atoms with Crippen molar-refractivity contribution in [3.63, 3.8) is 0 Å². The van der Waals surface area contributed by atoms with E-state index in [9.17, 15) is 4.79 Å². The topological polar surface area (TPSA) is 29.1 Å². The van der Waals surface area contributed by atoms with Gasteiger partial charge in [0.2, 0.25) is 5.91 Å². The van der Waals surface area contributed by atoms with Crippen molar-refractivity contribution < 1.29 is 4.79 Å². The fourth-order valence-corrected chi connectivity index (χ4v) is 2.72. The molecule has 1 amide bonds. The third kappa shape index (κ3) is 3.68. The standard InChI is InChI=1S/C14H14BrNOS/c1-10-6-7-18-13(10)9-16-14(17)8-11-2-4-12(15)5-3-11/h2-7H,8-9H2,1H3,(H,16,17). The minimum Gasteiger partial charge on any atom is -0.351 e. The first-order chi connectivity index (χ1) is 8.65. The van der Waals surface area contributed by atoms with Gasteiger partial charge in [0.05, 0.1) is 13.0 Å². The van der Waals surface area contributed by atoms with E-state index >= 15 is 0 Å². The van der Waals surface area contributed by atoms with E-state index < -0.39 is 0 Å². The summed E-state index contributed by atoms with van der Waals surface area (Å²) in [6.45, 7) is 2.69. The van der Waals surface area contributed by atoms with Crippen LogP contribution in [0.4, 0.5) is 0 Å². The molecule has 2 rings (SSSR count). The van der Waals surface area contributed by atoms with E-state index in [1.54, 1.807) is 11.3 Å². The number of carbonyl (C=O) groups is 1. The van der Waals surface area contributed by atoms with E-state index in [2.05, 4.69) is 34.2 Å². The van der Waals surface area contributed by atoms with Crippen LogP contribution in [0.15, 0.2) is 40.2 Å². The van der Waals surface area contributed by atoms with Crippen molar-refractivity contribution in [2.75, 3.05) is 0 Å². The summed E-state index contributed by atoms with van der Waals surface area (Å²) >= 11 is 5.06. The normalized spacial score (nSPS) is 10.3. The molecule has 0 aliphatic carbocycles. The first-order valence-electron chi connectivity index (χ1n) is 5.69. The maximum Gasteiger partial charge on any atom is 0.224 e. The van der Waals surface area contributed by atoms with Crippen molar-refractivity contribution in [3.8, 4) is 0 Å². The summed E-state index contributed by atoms with van der Waals surface area (Å²) in [6.07, 6.45) is 0.428. The molecule has 1 heterocycles. The van der Waals surface area contributed by atoms with Gasteiger partial charge in [-0.25, -0.2) is 0 Å². The van der Waals surface area contributed by atoms with Gasteiger partial charge in [-0.3, -0.25) is 4.79 Å². The van der Waals surface area contributed by atoms with E-state index in [-0.39, 0.29) is 5.91 Å². The SMILES string of the molecule is Cc1ccsc1CNC(=O)Cc1ccc(Br)cc1. The summed E-state index contributed by atoms with van der Waals surface area (Å²) in [5, 5.41) is 5.00. The highest BCUT2D eigenvalue weighted by molar-refractivity contribution is 9.10. The zero-order valence-electron chi connectivity index (χ0n) is 10.1. The molecule has 0 atom stereocenters. The molecule has 0 aliphatic heterocycles. The van der Waals surface area contributed by atoms with Crippen LogP contribution in [0.1, 0.15) is 16.0 Å². The summed E-state index contributed by atoms with van der Waals surface area (Å²) < 4.78 is 1.03. The molecule has 0 bridgehead atoms. The highest BCUT2D eigenvalue weighted by atomic mass is 79.9. The number of benzene rings is 1. The molecule has 94 valence electrons. The number of nitrogens with one attached hydrogen (secondary N) is 1. The van der Waals surface area contributed by atoms with Crippen LogP contribution in [0.25, 0.3) is 0 Å². The quantitative estimate of drug-likeness (QED) is 0.913. The van der Waals surface area contributed by atoms with Crippen molar-refractivity contribution in [3.05, 3.63) is 56.2 Å². The van der Waals surface area contributed by atoms with Crippen molar-refractivity contribution in [2.45, 2.75) is 19.9 Å². The van der Waals surface area contributed by atoms with Gasteiger partial charge in [0, 0.05) is 9.35 Å². The van der Waals surface area contributed by atoms with Gasteiger partial charge < -0.3 is 5.32 Å². The lowest BCUT2D eigenvalue weighted by molar-refractivity contribution is -0.120. The second-order valence-corrected chi connectivity index (χ2v) is 6.02. The van der Waals surface area contributed by atoms with Crippen molar-refractivity contribution in [2.24, 2.45) is 0 Å². The third-order valence-corrected chi connectivity index (χ3v) is 4.24. The molecule has 1 aromatic carbocycles. The number of aryl methyl sites for hydroxylation is 1. The minimum absolute atomic E-state index is 0.0603. The Labute approximate surface area is 119 Å². The summed E-state index contributed by atoms with van der Waals surface area (Å²) in [7, 11) is 0. The van der Waals surface area contributed by atoms with Gasteiger partial charge in [-0.05, 0) is 41.6 Å². The van der Waals surface area contributed by atoms with Gasteiger partial charge >= 0.3 is 0 Å². The van der Waals surface area contributed by atoms with Crippen LogP contribution < -0.4 is 5.32 Å². The maximum atomic E-state index is 11.8. The van der Waals surface area contributed by atoms with Crippen LogP contribution in [-0.2, 0) is 17.8 Å². The molecular weight excluding hydrogens is 310 g/mol. The van der Waals surface area contributed by atoms with E-state index in [0.717, 1.165) is 10.0 Å². The van der Waals surface area contributed by atoms with Crippen molar-refractivity contribution in [1.29, 1.82) is 0 Å². The summed E-state index contributed by atoms with van der Waals surface area (Å²) in [5.41, 5.74) is 2.27. The Bertz CT molecular complexity index is 533. The average molecular weight is 324 g/mol. The van der Waals surface area contributed by atoms with Gasteiger partial charge in [-0.1, -0.05) is 28.1 Å². The Morgan fingerprint density at radius 3 is 2.61 bits per heavy atom. The molecule has 0 saturated heterocycles. The maximum absolute atomic E-state index is 11.8. The van der Waals surface area contributed by atoms with E-state index in [0.29, 0.717) is 13.0 Å². The van der Waals surface area contributed by atoms with Gasteiger partial charge in [0.15, 0.2) is 0 Å². The fourth-order valence-electron chi connectivity index (χ4n) is 1.61. The number of hydrogen-bond acceptors (Lipinski definition) is 2. The fraction of sp³-hybridized carbons (Fsp3) is 0.214. The molecule has 2 aromatic rings. The van der Waals surface area contributed by atoms with Gasteiger partial charge in [-0.15, -0.1) is 11.3 Å². The zero-order valence-corrected chi connectivity index (χ0v) is 12.5. The second kappa shape index (κ2) is 6.16. The largest absolute Gasteiger partial charge is 0.351 e. The zero-order chi connectivity index (χ0) is 13.0. The molecule has 0 aliphatic rings. The van der Waals surface area contributed by atoms with Crippen LogP contribution in [0.5, 0.6) is 0 Å². The number of rotatable bonds is 4. The van der Waals surface area contributed by atoms with Gasteiger partial charge in [-0.2, -0.15) is 0 Å². The predicted octanol–water partition coefficient (Wildman–Crippen LogP) is 3.68. The minimum atomic E-state index is 0.0603. The van der Waals surface area contributed by atoms with Crippen LogP contribution in [0, 0.1) is 6.92 Å². The molecule has 1 N–H and O–H groups in total. The highest BCUT2D eigenvalue weighted by Gasteiger charge is 2.05. The van der Waals surface area contributed by atoms with Crippen LogP contribution >= 0.6 is 27.3 Å². The van der Waals surface area contributed by atoms with E-state index in [1.807, 2.05) is 29.6 Å². The van der Waals surface area contributed by atoms with E-state index in [1.165, 1.54) is 10.4 Å². The lowest BCUT2D eigenvalue weighted by Gasteiger charge is -2.05. The van der Waals surface area contributed by atoms with Crippen LogP contribution in [0.2, 0.25) is 0 Å². The van der Waals surface area contributed by atoms with Crippen molar-refractivity contribution >= 4 is 33.2 Å². The smallest absolute Gasteiger partial charge is 0.224 e. The first-order valence-corrected chi connectivity index (χ1v) is 7.36. The Morgan fingerprint density at radius 1 is 1.28 bits per heavy atom. The predicted molar refractivity (Wildman–Crippen MR) is 78.7 cm³/mol. The molecular formula is C14H14BrNOS. The van der Waals surface area contributed by atoms with Crippen LogP contribution in [-0.4, -0.2) is 5.91 Å². The Balaban J connectivity index is 1.86. The number of hydrogen-bond donors (Lipinski definition) is 1. The average Bonchev–Trinajstić information content (AvgIpc) is 2.75. The Morgan fingerprint density at radius 2 is 2.00 bits per heavy atom. The molecule has 0 radical (unpaired) electrons. The molecule has 18 heavy (non-hydrogen) atoms. The molecule has 1 aromatic heterocycles. The molecule has 0 fully saturated rings. The summed E-state index contributed by atoms with van der Waals surface area (Å²) in [4.78, 5) is 13.0. The van der Waals surface area contributed by atoms with Gasteiger partial charge in [0.25, 0.3) is 0 Å². The number of amides is 1. The molecule has 0 unspecified atom stereocenters. The second-order valence-electron chi connectivity index (χ2n) is 4.11. The number of halogens is 1. The highest BCUT2D eigenvalue weighted by Crippen LogP contribution is 2.15. The van der Waals surface area contributed by atoms with Crippen LogP contribution in [0.3, 0.4) is 0 Å². The first kappa shape index (κ1) is 13.3.